The molecule has 4 heteroatoms. The first-order valence-corrected chi connectivity index (χ1v) is 8.38. The van der Waals surface area contributed by atoms with Crippen LogP contribution in [0.25, 0.3) is 0 Å². The van der Waals surface area contributed by atoms with Gasteiger partial charge in [-0.1, -0.05) is 36.4 Å². The van der Waals surface area contributed by atoms with Crippen LogP contribution < -0.4 is 10.5 Å². The first-order valence-electron chi connectivity index (χ1n) is 8.38. The van der Waals surface area contributed by atoms with Crippen LogP contribution in [0.1, 0.15) is 25.3 Å². The summed E-state index contributed by atoms with van der Waals surface area (Å²) in [5.41, 5.74) is 7.11. The number of aromatic nitrogens is 1. The van der Waals surface area contributed by atoms with Gasteiger partial charge in [0.25, 0.3) is 0 Å². The van der Waals surface area contributed by atoms with Crippen LogP contribution in [0.3, 0.4) is 0 Å². The van der Waals surface area contributed by atoms with E-state index in [2.05, 4.69) is 47.1 Å². The van der Waals surface area contributed by atoms with E-state index in [1.165, 1.54) is 5.56 Å². The van der Waals surface area contributed by atoms with Gasteiger partial charge < -0.3 is 15.4 Å². The Morgan fingerprint density at radius 2 is 2.00 bits per heavy atom. The molecule has 2 heterocycles. The lowest BCUT2D eigenvalue weighted by molar-refractivity contribution is 0.0613. The van der Waals surface area contributed by atoms with E-state index in [-0.39, 0.29) is 6.10 Å². The molecule has 1 aliphatic rings. The normalized spacial score (nSPS) is 22.0. The second-order valence-corrected chi connectivity index (χ2v) is 6.29. The molecule has 1 saturated heterocycles. The molecule has 3 rings (SSSR count). The Balaban J connectivity index is 1.49. The highest BCUT2D eigenvalue weighted by Crippen LogP contribution is 2.22. The molecule has 2 aromatic rings. The number of nitrogen functional groups attached to an aromatic ring is 1. The molecular formula is C19H25N3O. The van der Waals surface area contributed by atoms with Gasteiger partial charge >= 0.3 is 0 Å². The van der Waals surface area contributed by atoms with E-state index >= 15 is 0 Å². The highest BCUT2D eigenvalue weighted by Gasteiger charge is 2.26. The largest absolute Gasteiger partial charge is 0.474 e. The van der Waals surface area contributed by atoms with Crippen molar-refractivity contribution in [3.63, 3.8) is 0 Å². The number of hydrogen-bond donors (Lipinski definition) is 1. The zero-order valence-corrected chi connectivity index (χ0v) is 13.7. The monoisotopic (exact) mass is 311 g/mol. The number of benzene rings is 1. The predicted octanol–water partition coefficient (Wildman–Crippen LogP) is 3.14. The van der Waals surface area contributed by atoms with Gasteiger partial charge in [-0.2, -0.15) is 4.98 Å². The first kappa shape index (κ1) is 15.8. The highest BCUT2D eigenvalue weighted by atomic mass is 16.5. The van der Waals surface area contributed by atoms with Crippen LogP contribution in [-0.2, 0) is 6.42 Å². The van der Waals surface area contributed by atoms with Crippen LogP contribution in [0.5, 0.6) is 5.88 Å². The Hall–Kier alpha value is -2.07. The van der Waals surface area contributed by atoms with Crippen molar-refractivity contribution in [3.8, 4) is 5.88 Å². The van der Waals surface area contributed by atoms with Crippen molar-refractivity contribution in [2.24, 2.45) is 0 Å². The van der Waals surface area contributed by atoms with Gasteiger partial charge in [0.1, 0.15) is 11.9 Å². The van der Waals surface area contributed by atoms with E-state index in [0.29, 0.717) is 17.7 Å². The quantitative estimate of drug-likeness (QED) is 0.921. The maximum atomic E-state index is 6.00. The minimum Gasteiger partial charge on any atom is -0.474 e. The van der Waals surface area contributed by atoms with Crippen molar-refractivity contribution in [2.45, 2.75) is 38.3 Å². The SMILES string of the molecule is C[C@@H]1C[C@H](Oc2cccc(N)n2)CCN1CCc1ccccc1. The molecule has 23 heavy (non-hydrogen) atoms. The van der Waals surface area contributed by atoms with Gasteiger partial charge in [0.2, 0.25) is 5.88 Å². The lowest BCUT2D eigenvalue weighted by atomic mass is 10.00. The van der Waals surface area contributed by atoms with Crippen LogP contribution in [0.2, 0.25) is 0 Å². The summed E-state index contributed by atoms with van der Waals surface area (Å²) in [6.45, 7) is 4.46. The number of nitrogens with two attached hydrogens (primary N) is 1. The van der Waals surface area contributed by atoms with E-state index in [9.17, 15) is 0 Å². The first-order chi connectivity index (χ1) is 11.2. The summed E-state index contributed by atoms with van der Waals surface area (Å²) in [5, 5.41) is 0. The van der Waals surface area contributed by atoms with Crippen molar-refractivity contribution in [2.75, 3.05) is 18.8 Å². The number of rotatable bonds is 5. The maximum Gasteiger partial charge on any atom is 0.215 e. The Labute approximate surface area is 138 Å². The molecule has 0 spiro atoms. The lowest BCUT2D eigenvalue weighted by Crippen LogP contribution is -2.45. The van der Waals surface area contributed by atoms with Gasteiger partial charge in [0.15, 0.2) is 0 Å². The molecule has 122 valence electrons. The molecule has 1 fully saturated rings. The fourth-order valence-electron chi connectivity index (χ4n) is 3.20. The summed E-state index contributed by atoms with van der Waals surface area (Å²) in [7, 11) is 0. The molecule has 0 saturated carbocycles. The predicted molar refractivity (Wildman–Crippen MR) is 93.5 cm³/mol. The molecule has 0 unspecified atom stereocenters. The number of pyridine rings is 1. The molecule has 0 aliphatic carbocycles. The Morgan fingerprint density at radius 3 is 2.74 bits per heavy atom. The van der Waals surface area contributed by atoms with Crippen LogP contribution in [-0.4, -0.2) is 35.1 Å². The summed E-state index contributed by atoms with van der Waals surface area (Å²) in [6, 6.07) is 16.8. The summed E-state index contributed by atoms with van der Waals surface area (Å²) in [4.78, 5) is 6.78. The fraction of sp³-hybridized carbons (Fsp3) is 0.421. The van der Waals surface area contributed by atoms with Gasteiger partial charge in [-0.3, -0.25) is 0 Å². The van der Waals surface area contributed by atoms with Gasteiger partial charge in [0.05, 0.1) is 0 Å². The molecule has 1 aromatic heterocycles. The Kier molecular flexibility index (Phi) is 5.13. The standard InChI is InChI=1S/C19H25N3O/c1-15-14-17(23-19-9-5-8-18(20)21-19)11-13-22(15)12-10-16-6-3-2-4-7-16/h2-9,15,17H,10-14H2,1H3,(H2,20,21)/t15-,17-/m1/s1. The maximum absolute atomic E-state index is 6.00. The number of anilines is 1. The number of piperidine rings is 1. The summed E-state index contributed by atoms with van der Waals surface area (Å²) < 4.78 is 6.00. The Morgan fingerprint density at radius 1 is 1.17 bits per heavy atom. The molecule has 1 aromatic carbocycles. The lowest BCUT2D eigenvalue weighted by Gasteiger charge is -2.37. The third-order valence-corrected chi connectivity index (χ3v) is 4.53. The Bertz CT molecular complexity index is 617. The third-order valence-electron chi connectivity index (χ3n) is 4.53. The van der Waals surface area contributed by atoms with Crippen molar-refractivity contribution < 1.29 is 4.74 Å². The van der Waals surface area contributed by atoms with Crippen molar-refractivity contribution in [3.05, 3.63) is 54.1 Å². The highest BCUT2D eigenvalue weighted by molar-refractivity contribution is 5.31. The molecule has 0 radical (unpaired) electrons. The molecule has 0 amide bonds. The smallest absolute Gasteiger partial charge is 0.215 e. The number of ether oxygens (including phenoxy) is 1. The number of nitrogens with zero attached hydrogens (tertiary/aromatic N) is 2. The zero-order valence-electron chi connectivity index (χ0n) is 13.7. The minimum atomic E-state index is 0.229. The van der Waals surface area contributed by atoms with E-state index < -0.39 is 0 Å². The topological polar surface area (TPSA) is 51.4 Å². The van der Waals surface area contributed by atoms with E-state index in [1.807, 2.05) is 12.1 Å². The summed E-state index contributed by atoms with van der Waals surface area (Å²) in [6.07, 6.45) is 3.40. The average Bonchev–Trinajstić information content (AvgIpc) is 2.55. The number of likely N-dealkylation sites (tertiary alicyclic amines) is 1. The summed E-state index contributed by atoms with van der Waals surface area (Å²) >= 11 is 0. The second kappa shape index (κ2) is 7.47. The van der Waals surface area contributed by atoms with Crippen LogP contribution >= 0.6 is 0 Å². The summed E-state index contributed by atoms with van der Waals surface area (Å²) in [5.74, 6) is 1.15. The van der Waals surface area contributed by atoms with E-state index in [4.69, 9.17) is 10.5 Å². The second-order valence-electron chi connectivity index (χ2n) is 6.29. The third kappa shape index (κ3) is 4.45. The molecule has 2 atom stereocenters. The van der Waals surface area contributed by atoms with Crippen LogP contribution in [0.15, 0.2) is 48.5 Å². The molecule has 0 bridgehead atoms. The van der Waals surface area contributed by atoms with Gasteiger partial charge in [-0.15, -0.1) is 0 Å². The van der Waals surface area contributed by atoms with Gasteiger partial charge in [-0.05, 0) is 37.8 Å². The molecule has 1 aliphatic heterocycles. The van der Waals surface area contributed by atoms with Crippen LogP contribution in [0, 0.1) is 0 Å². The molecule has 4 nitrogen and oxygen atoms in total. The van der Waals surface area contributed by atoms with Crippen molar-refractivity contribution >= 4 is 5.82 Å². The minimum absolute atomic E-state index is 0.229. The number of hydrogen-bond acceptors (Lipinski definition) is 4. The van der Waals surface area contributed by atoms with E-state index in [0.717, 1.165) is 32.4 Å². The van der Waals surface area contributed by atoms with Crippen LogP contribution in [0.4, 0.5) is 5.82 Å². The fourth-order valence-corrected chi connectivity index (χ4v) is 3.20. The van der Waals surface area contributed by atoms with Crippen molar-refractivity contribution in [1.29, 1.82) is 0 Å². The average molecular weight is 311 g/mol. The molecular weight excluding hydrogens is 286 g/mol. The molecule has 2 N–H and O–H groups in total. The van der Waals surface area contributed by atoms with E-state index in [1.54, 1.807) is 6.07 Å². The van der Waals surface area contributed by atoms with Gasteiger partial charge in [0, 0.05) is 25.2 Å². The van der Waals surface area contributed by atoms with Crippen molar-refractivity contribution in [1.82, 2.24) is 9.88 Å². The zero-order chi connectivity index (χ0) is 16.1. The van der Waals surface area contributed by atoms with Gasteiger partial charge in [-0.25, -0.2) is 0 Å².